The number of hydrogen-bond acceptors (Lipinski definition) is 4. The first-order chi connectivity index (χ1) is 12.2. The molecular formula is C19H22N4O2. The molecule has 0 N–H and O–H groups in total. The van der Waals surface area contributed by atoms with E-state index in [0.29, 0.717) is 18.0 Å². The Morgan fingerprint density at radius 1 is 1.00 bits per heavy atom. The number of carbonyl (C=O) groups excluding carboxylic acids is 2. The third kappa shape index (κ3) is 3.12. The molecule has 2 saturated heterocycles. The molecule has 25 heavy (non-hydrogen) atoms. The van der Waals surface area contributed by atoms with Gasteiger partial charge in [-0.2, -0.15) is 5.26 Å². The number of benzene rings is 1. The predicted molar refractivity (Wildman–Crippen MR) is 92.8 cm³/mol. The normalized spacial score (nSPS) is 24.4. The molecule has 0 spiro atoms. The first kappa shape index (κ1) is 16.1. The van der Waals surface area contributed by atoms with Crippen LogP contribution in [0.3, 0.4) is 0 Å². The highest BCUT2D eigenvalue weighted by molar-refractivity contribution is 5.99. The summed E-state index contributed by atoms with van der Waals surface area (Å²) in [4.78, 5) is 31.0. The number of carbonyl (C=O) groups is 2. The average molecular weight is 338 g/mol. The Kier molecular flexibility index (Phi) is 4.18. The molecule has 2 heterocycles. The zero-order valence-electron chi connectivity index (χ0n) is 14.2. The number of anilines is 1. The number of piperazine rings is 1. The number of nitrogens with zero attached hydrogens (tertiary/aromatic N) is 4. The van der Waals surface area contributed by atoms with Crippen LogP contribution in [-0.4, -0.2) is 60.4 Å². The Morgan fingerprint density at radius 3 is 2.28 bits per heavy atom. The highest BCUT2D eigenvalue weighted by Gasteiger charge is 2.40. The number of amides is 2. The Labute approximate surface area is 147 Å². The van der Waals surface area contributed by atoms with E-state index < -0.39 is 0 Å². The fourth-order valence-corrected chi connectivity index (χ4v) is 3.82. The molecule has 0 radical (unpaired) electrons. The standard InChI is InChI=1S/C19H22N4O2/c20-13-14-1-5-16(6-2-14)23-8-7-17(19(23)25)21-9-11-22(12-10-21)18(24)15-3-4-15/h1-2,5-6,15,17H,3-4,7-12H2. The summed E-state index contributed by atoms with van der Waals surface area (Å²) in [6.45, 7) is 3.72. The molecule has 4 rings (SSSR count). The monoisotopic (exact) mass is 338 g/mol. The average Bonchev–Trinajstić information content (AvgIpc) is 3.44. The zero-order valence-corrected chi connectivity index (χ0v) is 14.2. The van der Waals surface area contributed by atoms with Gasteiger partial charge >= 0.3 is 0 Å². The molecular weight excluding hydrogens is 316 g/mol. The summed E-state index contributed by atoms with van der Waals surface area (Å²) in [5.41, 5.74) is 1.46. The number of rotatable bonds is 3. The lowest BCUT2D eigenvalue weighted by molar-refractivity contribution is -0.135. The molecule has 1 aliphatic carbocycles. The van der Waals surface area contributed by atoms with Gasteiger partial charge in [0.15, 0.2) is 0 Å². The molecule has 3 fully saturated rings. The van der Waals surface area contributed by atoms with E-state index in [-0.39, 0.29) is 17.9 Å². The molecule has 6 heteroatoms. The topological polar surface area (TPSA) is 67.7 Å². The first-order valence-corrected chi connectivity index (χ1v) is 9.02. The fraction of sp³-hybridized carbons (Fsp3) is 0.526. The van der Waals surface area contributed by atoms with Crippen LogP contribution >= 0.6 is 0 Å². The molecule has 0 bridgehead atoms. The van der Waals surface area contributed by atoms with E-state index in [2.05, 4.69) is 11.0 Å². The van der Waals surface area contributed by atoms with Gasteiger partial charge < -0.3 is 9.80 Å². The van der Waals surface area contributed by atoms with Crippen molar-refractivity contribution < 1.29 is 9.59 Å². The van der Waals surface area contributed by atoms with Crippen LogP contribution in [0.15, 0.2) is 24.3 Å². The van der Waals surface area contributed by atoms with E-state index in [0.717, 1.165) is 51.1 Å². The van der Waals surface area contributed by atoms with Crippen LogP contribution in [0, 0.1) is 17.2 Å². The number of hydrogen-bond donors (Lipinski definition) is 0. The summed E-state index contributed by atoms with van der Waals surface area (Å²) in [5, 5.41) is 8.89. The molecule has 2 amide bonds. The minimum atomic E-state index is -0.0891. The van der Waals surface area contributed by atoms with Gasteiger partial charge in [0.25, 0.3) is 0 Å². The Hall–Kier alpha value is -2.39. The smallest absolute Gasteiger partial charge is 0.244 e. The summed E-state index contributed by atoms with van der Waals surface area (Å²) < 4.78 is 0. The lowest BCUT2D eigenvalue weighted by Gasteiger charge is -2.37. The van der Waals surface area contributed by atoms with Crippen molar-refractivity contribution >= 4 is 17.5 Å². The summed E-state index contributed by atoms with van der Waals surface area (Å²) in [5.74, 6) is 0.704. The van der Waals surface area contributed by atoms with Crippen LogP contribution in [0.5, 0.6) is 0 Å². The second kappa shape index (κ2) is 6.49. The predicted octanol–water partition coefficient (Wildman–Crippen LogP) is 1.22. The number of nitriles is 1. The highest BCUT2D eigenvalue weighted by atomic mass is 16.2. The van der Waals surface area contributed by atoms with E-state index in [9.17, 15) is 9.59 Å². The molecule has 1 aromatic rings. The molecule has 1 saturated carbocycles. The minimum Gasteiger partial charge on any atom is -0.340 e. The van der Waals surface area contributed by atoms with E-state index in [1.54, 1.807) is 12.1 Å². The summed E-state index contributed by atoms with van der Waals surface area (Å²) in [6.07, 6.45) is 2.90. The van der Waals surface area contributed by atoms with Crippen molar-refractivity contribution in [2.75, 3.05) is 37.6 Å². The van der Waals surface area contributed by atoms with Gasteiger partial charge in [0.2, 0.25) is 11.8 Å². The molecule has 3 aliphatic rings. The third-order valence-corrected chi connectivity index (χ3v) is 5.48. The van der Waals surface area contributed by atoms with E-state index in [1.165, 1.54) is 0 Å². The van der Waals surface area contributed by atoms with E-state index in [1.807, 2.05) is 21.9 Å². The molecule has 1 aromatic carbocycles. The third-order valence-electron chi connectivity index (χ3n) is 5.48. The Bertz CT molecular complexity index is 712. The molecule has 1 unspecified atom stereocenters. The van der Waals surface area contributed by atoms with E-state index in [4.69, 9.17) is 5.26 Å². The molecule has 1 atom stereocenters. The van der Waals surface area contributed by atoms with Crippen molar-refractivity contribution in [1.29, 1.82) is 5.26 Å². The first-order valence-electron chi connectivity index (χ1n) is 9.02. The lowest BCUT2D eigenvalue weighted by Crippen LogP contribution is -2.54. The quantitative estimate of drug-likeness (QED) is 0.831. The van der Waals surface area contributed by atoms with Crippen molar-refractivity contribution in [2.24, 2.45) is 5.92 Å². The van der Waals surface area contributed by atoms with Gasteiger partial charge in [-0.15, -0.1) is 0 Å². The summed E-state index contributed by atoms with van der Waals surface area (Å²) in [7, 11) is 0. The van der Waals surface area contributed by atoms with Gasteiger partial charge in [-0.05, 0) is 43.5 Å². The maximum atomic E-state index is 12.8. The lowest BCUT2D eigenvalue weighted by atomic mass is 10.1. The second-order valence-corrected chi connectivity index (χ2v) is 7.09. The maximum absolute atomic E-state index is 12.8. The van der Waals surface area contributed by atoms with Crippen LogP contribution < -0.4 is 4.90 Å². The van der Waals surface area contributed by atoms with Crippen LogP contribution in [0.4, 0.5) is 5.69 Å². The van der Waals surface area contributed by atoms with Crippen molar-refractivity contribution in [3.63, 3.8) is 0 Å². The van der Waals surface area contributed by atoms with Gasteiger partial charge in [0.05, 0.1) is 17.7 Å². The van der Waals surface area contributed by atoms with Crippen molar-refractivity contribution in [1.82, 2.24) is 9.80 Å². The fourth-order valence-electron chi connectivity index (χ4n) is 3.82. The van der Waals surface area contributed by atoms with Gasteiger partial charge in [0, 0.05) is 44.3 Å². The second-order valence-electron chi connectivity index (χ2n) is 7.09. The van der Waals surface area contributed by atoms with Gasteiger partial charge in [-0.1, -0.05) is 0 Å². The molecule has 2 aliphatic heterocycles. The molecule has 6 nitrogen and oxygen atoms in total. The van der Waals surface area contributed by atoms with Gasteiger partial charge in [-0.25, -0.2) is 0 Å². The van der Waals surface area contributed by atoms with Crippen LogP contribution in [0.1, 0.15) is 24.8 Å². The van der Waals surface area contributed by atoms with Crippen molar-refractivity contribution in [3.05, 3.63) is 29.8 Å². The van der Waals surface area contributed by atoms with E-state index >= 15 is 0 Å². The van der Waals surface area contributed by atoms with Gasteiger partial charge in [-0.3, -0.25) is 14.5 Å². The molecule has 0 aromatic heterocycles. The zero-order chi connectivity index (χ0) is 17.4. The Morgan fingerprint density at radius 2 is 1.68 bits per heavy atom. The molecule has 130 valence electrons. The van der Waals surface area contributed by atoms with Crippen molar-refractivity contribution in [3.8, 4) is 6.07 Å². The van der Waals surface area contributed by atoms with Crippen molar-refractivity contribution in [2.45, 2.75) is 25.3 Å². The maximum Gasteiger partial charge on any atom is 0.244 e. The van der Waals surface area contributed by atoms with Crippen LogP contribution in [0.2, 0.25) is 0 Å². The Balaban J connectivity index is 1.37. The summed E-state index contributed by atoms with van der Waals surface area (Å²) >= 11 is 0. The summed E-state index contributed by atoms with van der Waals surface area (Å²) in [6, 6.07) is 9.18. The SMILES string of the molecule is N#Cc1ccc(N2CCC(N3CCN(C(=O)C4CC4)CC3)C2=O)cc1. The van der Waals surface area contributed by atoms with Crippen LogP contribution in [0.25, 0.3) is 0 Å². The van der Waals surface area contributed by atoms with Gasteiger partial charge in [0.1, 0.15) is 0 Å². The minimum absolute atomic E-state index is 0.0891. The largest absolute Gasteiger partial charge is 0.340 e. The van der Waals surface area contributed by atoms with Crippen LogP contribution in [-0.2, 0) is 9.59 Å². The highest BCUT2D eigenvalue weighted by Crippen LogP contribution is 2.32.